The van der Waals surface area contributed by atoms with Crippen LogP contribution < -0.4 is 5.36 Å². The lowest BCUT2D eigenvalue weighted by Crippen LogP contribution is -2.53. The van der Waals surface area contributed by atoms with E-state index >= 15 is 0 Å². The first-order valence-electron chi connectivity index (χ1n) is 10.2. The Hall–Kier alpha value is -3.14. The van der Waals surface area contributed by atoms with Gasteiger partial charge in [-0.3, -0.25) is 4.99 Å². The number of aromatic nitrogens is 1. The van der Waals surface area contributed by atoms with Gasteiger partial charge in [0.1, 0.15) is 6.04 Å². The molecule has 4 rings (SSSR count). The van der Waals surface area contributed by atoms with Crippen molar-refractivity contribution in [1.82, 2.24) is 4.73 Å². The normalized spacial score (nSPS) is 23.7. The van der Waals surface area contributed by atoms with Crippen LogP contribution in [0.5, 0.6) is 5.75 Å². The van der Waals surface area contributed by atoms with E-state index in [-0.39, 0.29) is 28.6 Å². The predicted octanol–water partition coefficient (Wildman–Crippen LogP) is 4.96. The Labute approximate surface area is 185 Å². The van der Waals surface area contributed by atoms with E-state index in [0.717, 1.165) is 4.73 Å². The van der Waals surface area contributed by atoms with E-state index in [1.807, 2.05) is 0 Å². The lowest BCUT2D eigenvalue weighted by atomic mass is 9.69. The highest BCUT2D eigenvalue weighted by molar-refractivity contribution is 5.61. The Morgan fingerprint density at radius 3 is 2.52 bits per heavy atom. The molecular formula is C23H21F5N2O3. The Morgan fingerprint density at radius 2 is 1.88 bits per heavy atom. The van der Waals surface area contributed by atoms with Crippen LogP contribution in [0.2, 0.25) is 0 Å². The summed E-state index contributed by atoms with van der Waals surface area (Å²) in [5.74, 6) is -5.27. The van der Waals surface area contributed by atoms with Gasteiger partial charge in [-0.2, -0.15) is 22.3 Å². The molecule has 0 amide bonds. The maximum absolute atomic E-state index is 14.2. The standard InChI is InChI=1S/C23H21F5N2O3/c1-3-12-10-22(32,23(26,27)28)21(14-9-15(24)19(25)20(31)18(12)14)29-16-5-4-6-17-13(16)8-7-11(2)30(17)33/h4-9,12,21,31-33H,3,10H2,1-2H3/t12-,21+,22-/m1/s1. The number of benzene rings is 2. The molecule has 3 atom stereocenters. The molecule has 1 heterocycles. The second-order valence-electron chi connectivity index (χ2n) is 8.28. The second-order valence-corrected chi connectivity index (χ2v) is 8.28. The molecule has 0 bridgehead atoms. The lowest BCUT2D eigenvalue weighted by molar-refractivity contribution is -0.275. The number of aromatic hydroxyl groups is 1. The van der Waals surface area contributed by atoms with Gasteiger partial charge in [-0.1, -0.05) is 13.0 Å². The third-order valence-electron chi connectivity index (χ3n) is 6.34. The van der Waals surface area contributed by atoms with Gasteiger partial charge in [0.05, 0.1) is 16.7 Å². The van der Waals surface area contributed by atoms with E-state index in [2.05, 4.69) is 4.99 Å². The van der Waals surface area contributed by atoms with E-state index in [0.29, 0.717) is 11.8 Å². The molecule has 33 heavy (non-hydrogen) atoms. The van der Waals surface area contributed by atoms with E-state index in [9.17, 15) is 37.4 Å². The summed E-state index contributed by atoms with van der Waals surface area (Å²) in [4.78, 5) is 4.16. The first kappa shape index (κ1) is 23.0. The Kier molecular flexibility index (Phi) is 5.39. The average molecular weight is 468 g/mol. The number of phenolic OH excluding ortho intramolecular Hbond substituents is 1. The zero-order chi connectivity index (χ0) is 24.3. The van der Waals surface area contributed by atoms with Crippen molar-refractivity contribution in [1.29, 1.82) is 0 Å². The van der Waals surface area contributed by atoms with Gasteiger partial charge < -0.3 is 15.4 Å². The van der Waals surface area contributed by atoms with Crippen molar-refractivity contribution in [3.05, 3.63) is 70.2 Å². The van der Waals surface area contributed by atoms with Crippen LogP contribution in [0.25, 0.3) is 11.3 Å². The largest absolute Gasteiger partial charge is 0.505 e. The van der Waals surface area contributed by atoms with Gasteiger partial charge in [-0.25, -0.2) is 4.39 Å². The molecule has 0 radical (unpaired) electrons. The molecule has 0 spiro atoms. The quantitative estimate of drug-likeness (QED) is 0.368. The molecule has 1 aliphatic heterocycles. The third kappa shape index (κ3) is 3.43. The van der Waals surface area contributed by atoms with Crippen LogP contribution >= 0.6 is 0 Å². The number of pyridine rings is 1. The Balaban J connectivity index is 2.07. The van der Waals surface area contributed by atoms with E-state index in [1.165, 1.54) is 31.2 Å². The molecule has 176 valence electrons. The molecule has 1 aromatic rings. The lowest BCUT2D eigenvalue weighted by Gasteiger charge is -2.43. The maximum atomic E-state index is 14.2. The minimum atomic E-state index is -5.16. The topological polar surface area (TPSA) is 78.0 Å². The molecule has 10 heteroatoms. The number of hydrogen-bond donors (Lipinski definition) is 3. The number of phenols is 1. The SMILES string of the molecule is CC[C@@H]1C[C@](O)(C(F)(F)F)[C@@H](N=c2cccc3n(O)c(C)ccc2-3)c2cc(F)c(F)c(O)c21. The summed E-state index contributed by atoms with van der Waals surface area (Å²) < 4.78 is 71.8. The highest BCUT2D eigenvalue weighted by atomic mass is 19.4. The van der Waals surface area contributed by atoms with E-state index in [1.54, 1.807) is 13.0 Å². The molecule has 0 saturated heterocycles. The molecule has 0 saturated carbocycles. The van der Waals surface area contributed by atoms with Gasteiger partial charge in [0.25, 0.3) is 0 Å². The van der Waals surface area contributed by atoms with Crippen LogP contribution in [0, 0.1) is 18.6 Å². The summed E-state index contributed by atoms with van der Waals surface area (Å²) in [5.41, 5.74) is -3.05. The number of hydrogen-bond acceptors (Lipinski definition) is 4. The molecule has 2 aliphatic carbocycles. The fourth-order valence-corrected chi connectivity index (χ4v) is 4.56. The summed E-state index contributed by atoms with van der Waals surface area (Å²) >= 11 is 0. The highest BCUT2D eigenvalue weighted by Gasteiger charge is 2.62. The highest BCUT2D eigenvalue weighted by Crippen LogP contribution is 2.55. The number of rotatable bonds is 2. The monoisotopic (exact) mass is 468 g/mol. The summed E-state index contributed by atoms with van der Waals surface area (Å²) in [6.45, 7) is 3.14. The molecule has 0 unspecified atom stereocenters. The zero-order valence-electron chi connectivity index (χ0n) is 17.7. The predicted molar refractivity (Wildman–Crippen MR) is 108 cm³/mol. The van der Waals surface area contributed by atoms with Gasteiger partial charge in [-0.15, -0.1) is 0 Å². The van der Waals surface area contributed by atoms with Crippen molar-refractivity contribution < 1.29 is 37.4 Å². The number of aliphatic hydroxyl groups is 1. The number of nitrogens with zero attached hydrogens (tertiary/aromatic N) is 2. The van der Waals surface area contributed by atoms with Crippen LogP contribution in [0.3, 0.4) is 0 Å². The number of alkyl halides is 3. The van der Waals surface area contributed by atoms with Gasteiger partial charge in [0.2, 0.25) is 5.82 Å². The third-order valence-corrected chi connectivity index (χ3v) is 6.34. The second kappa shape index (κ2) is 7.72. The number of fused-ring (bicyclic) bond motifs is 2. The average Bonchev–Trinajstić information content (AvgIpc) is 2.75. The first-order valence-corrected chi connectivity index (χ1v) is 10.2. The van der Waals surface area contributed by atoms with Crippen molar-refractivity contribution in [2.75, 3.05) is 0 Å². The van der Waals surface area contributed by atoms with Crippen molar-refractivity contribution in [2.45, 2.75) is 50.4 Å². The van der Waals surface area contributed by atoms with E-state index < -0.39 is 53.1 Å². The summed E-state index contributed by atoms with van der Waals surface area (Å²) in [5, 5.41) is 31.5. The minimum Gasteiger partial charge on any atom is -0.505 e. The number of halogens is 5. The van der Waals surface area contributed by atoms with Gasteiger partial charge in [0.15, 0.2) is 17.2 Å². The molecule has 0 aromatic heterocycles. The van der Waals surface area contributed by atoms with Crippen molar-refractivity contribution in [3.63, 3.8) is 0 Å². The van der Waals surface area contributed by atoms with Gasteiger partial charge >= 0.3 is 6.18 Å². The fraction of sp³-hybridized carbons (Fsp3) is 0.348. The van der Waals surface area contributed by atoms with Crippen LogP contribution in [-0.2, 0) is 0 Å². The number of aryl methyl sites for hydroxylation is 1. The smallest absolute Gasteiger partial charge is 0.419 e. The van der Waals surface area contributed by atoms with Crippen LogP contribution in [0.1, 0.15) is 48.5 Å². The van der Waals surface area contributed by atoms with Crippen LogP contribution in [0.15, 0.2) is 41.4 Å². The molecular weight excluding hydrogens is 447 g/mol. The maximum Gasteiger partial charge on any atom is 0.419 e. The van der Waals surface area contributed by atoms with Crippen LogP contribution in [-0.4, -0.2) is 31.9 Å². The minimum absolute atomic E-state index is 0.00639. The van der Waals surface area contributed by atoms with Crippen LogP contribution in [0.4, 0.5) is 22.0 Å². The molecule has 0 fully saturated rings. The summed E-state index contributed by atoms with van der Waals surface area (Å²) in [6, 6.07) is 5.92. The summed E-state index contributed by atoms with van der Waals surface area (Å²) in [7, 11) is 0. The van der Waals surface area contributed by atoms with Crippen molar-refractivity contribution in [3.8, 4) is 17.0 Å². The molecule has 3 aliphatic rings. The van der Waals surface area contributed by atoms with Crippen molar-refractivity contribution >= 4 is 0 Å². The Morgan fingerprint density at radius 1 is 1.18 bits per heavy atom. The van der Waals surface area contributed by atoms with Gasteiger partial charge in [-0.05, 0) is 61.6 Å². The van der Waals surface area contributed by atoms with E-state index in [4.69, 9.17) is 0 Å². The zero-order valence-corrected chi connectivity index (χ0v) is 17.7. The summed E-state index contributed by atoms with van der Waals surface area (Å²) in [6.07, 6.45) is -6.02. The molecule has 5 nitrogen and oxygen atoms in total. The molecule has 1 aromatic carbocycles. The fourth-order valence-electron chi connectivity index (χ4n) is 4.56. The first-order chi connectivity index (χ1) is 15.4. The Bertz CT molecular complexity index is 1270. The van der Waals surface area contributed by atoms with Crippen molar-refractivity contribution in [2.24, 2.45) is 4.99 Å². The van der Waals surface area contributed by atoms with Gasteiger partial charge in [0, 0.05) is 11.1 Å². The molecule has 3 N–H and O–H groups in total.